The quantitative estimate of drug-likeness (QED) is 0.853. The average Bonchev–Trinajstić information content (AvgIpc) is 2.84. The van der Waals surface area contributed by atoms with Gasteiger partial charge in [-0.3, -0.25) is 4.68 Å². The van der Waals surface area contributed by atoms with Gasteiger partial charge in [0.25, 0.3) is 0 Å². The molecular formula is C14H19N3. The van der Waals surface area contributed by atoms with Gasteiger partial charge in [0.1, 0.15) is 0 Å². The second-order valence-corrected chi connectivity index (χ2v) is 4.31. The van der Waals surface area contributed by atoms with Gasteiger partial charge >= 0.3 is 0 Å². The number of nitrogens with zero attached hydrogens (tertiary/aromatic N) is 2. The Morgan fingerprint density at radius 3 is 2.82 bits per heavy atom. The molecule has 17 heavy (non-hydrogen) atoms. The molecule has 3 heteroatoms. The van der Waals surface area contributed by atoms with E-state index < -0.39 is 0 Å². The summed E-state index contributed by atoms with van der Waals surface area (Å²) in [6.07, 6.45) is 4.92. The Labute approximate surface area is 102 Å². The summed E-state index contributed by atoms with van der Waals surface area (Å²) >= 11 is 0. The van der Waals surface area contributed by atoms with Gasteiger partial charge in [0.15, 0.2) is 0 Å². The van der Waals surface area contributed by atoms with Gasteiger partial charge in [0, 0.05) is 24.1 Å². The van der Waals surface area contributed by atoms with Crippen LogP contribution >= 0.6 is 0 Å². The van der Waals surface area contributed by atoms with Crippen molar-refractivity contribution in [3.63, 3.8) is 0 Å². The first-order chi connectivity index (χ1) is 8.29. The van der Waals surface area contributed by atoms with Crippen LogP contribution in [0, 0.1) is 0 Å². The molecule has 0 saturated carbocycles. The van der Waals surface area contributed by atoms with E-state index in [1.54, 1.807) is 0 Å². The summed E-state index contributed by atoms with van der Waals surface area (Å²) in [7, 11) is 0. The Bertz CT molecular complexity index is 448. The van der Waals surface area contributed by atoms with Crippen LogP contribution in [0.2, 0.25) is 0 Å². The Morgan fingerprint density at radius 2 is 2.12 bits per heavy atom. The fraction of sp³-hybridized carbons (Fsp3) is 0.357. The standard InChI is InChI=1S/C14H19N3/c1-3-12(2)16-14-8-5-4-7-13(14)11-17-10-6-9-15-17/h4-10,12,16H,3,11H2,1-2H3. The maximum atomic E-state index is 4.24. The van der Waals surface area contributed by atoms with Crippen molar-refractivity contribution in [3.05, 3.63) is 48.3 Å². The maximum Gasteiger partial charge on any atom is 0.0679 e. The highest BCUT2D eigenvalue weighted by molar-refractivity contribution is 5.51. The van der Waals surface area contributed by atoms with E-state index in [1.165, 1.54) is 11.3 Å². The summed E-state index contributed by atoms with van der Waals surface area (Å²) in [4.78, 5) is 0. The third kappa shape index (κ3) is 3.09. The normalized spacial score (nSPS) is 12.4. The van der Waals surface area contributed by atoms with E-state index in [4.69, 9.17) is 0 Å². The van der Waals surface area contributed by atoms with Gasteiger partial charge in [-0.1, -0.05) is 25.1 Å². The lowest BCUT2D eigenvalue weighted by molar-refractivity contribution is 0.684. The minimum Gasteiger partial charge on any atom is -0.382 e. The number of nitrogens with one attached hydrogen (secondary N) is 1. The van der Waals surface area contributed by atoms with Crippen molar-refractivity contribution in [1.82, 2.24) is 9.78 Å². The molecule has 1 heterocycles. The van der Waals surface area contributed by atoms with E-state index in [2.05, 4.69) is 48.5 Å². The molecule has 0 aliphatic heterocycles. The first-order valence-corrected chi connectivity index (χ1v) is 6.11. The highest BCUT2D eigenvalue weighted by atomic mass is 15.3. The number of hydrogen-bond acceptors (Lipinski definition) is 2. The molecule has 0 aliphatic rings. The molecule has 0 fully saturated rings. The minimum absolute atomic E-state index is 0.494. The van der Waals surface area contributed by atoms with Gasteiger partial charge in [-0.05, 0) is 31.0 Å². The van der Waals surface area contributed by atoms with Crippen LogP contribution in [0.1, 0.15) is 25.8 Å². The van der Waals surface area contributed by atoms with Crippen molar-refractivity contribution in [1.29, 1.82) is 0 Å². The summed E-state index contributed by atoms with van der Waals surface area (Å²) in [5, 5.41) is 7.77. The van der Waals surface area contributed by atoms with Gasteiger partial charge in [-0.25, -0.2) is 0 Å². The smallest absolute Gasteiger partial charge is 0.0679 e. The van der Waals surface area contributed by atoms with E-state index in [9.17, 15) is 0 Å². The molecular weight excluding hydrogens is 210 g/mol. The van der Waals surface area contributed by atoms with Crippen LogP contribution in [0.5, 0.6) is 0 Å². The van der Waals surface area contributed by atoms with Gasteiger partial charge in [-0.2, -0.15) is 5.10 Å². The van der Waals surface area contributed by atoms with Crippen molar-refractivity contribution in [2.75, 3.05) is 5.32 Å². The van der Waals surface area contributed by atoms with E-state index in [-0.39, 0.29) is 0 Å². The van der Waals surface area contributed by atoms with Crippen LogP contribution in [0.25, 0.3) is 0 Å². The molecule has 90 valence electrons. The zero-order valence-electron chi connectivity index (χ0n) is 10.4. The summed E-state index contributed by atoms with van der Waals surface area (Å²) in [6, 6.07) is 10.9. The molecule has 3 nitrogen and oxygen atoms in total. The SMILES string of the molecule is CCC(C)Nc1ccccc1Cn1cccn1. The first-order valence-electron chi connectivity index (χ1n) is 6.11. The van der Waals surface area contributed by atoms with Crippen LogP contribution in [-0.4, -0.2) is 15.8 Å². The molecule has 2 rings (SSSR count). The molecule has 0 radical (unpaired) electrons. The minimum atomic E-state index is 0.494. The lowest BCUT2D eigenvalue weighted by atomic mass is 10.1. The van der Waals surface area contributed by atoms with Crippen molar-refractivity contribution in [3.8, 4) is 0 Å². The molecule has 1 aromatic carbocycles. The molecule has 0 amide bonds. The largest absolute Gasteiger partial charge is 0.382 e. The van der Waals surface area contributed by atoms with Crippen molar-refractivity contribution < 1.29 is 0 Å². The topological polar surface area (TPSA) is 29.9 Å². The van der Waals surface area contributed by atoms with Crippen molar-refractivity contribution >= 4 is 5.69 Å². The number of anilines is 1. The number of aromatic nitrogens is 2. The van der Waals surface area contributed by atoms with Gasteiger partial charge in [0.2, 0.25) is 0 Å². The van der Waals surface area contributed by atoms with E-state index in [1.807, 2.05) is 23.1 Å². The molecule has 1 aromatic heterocycles. The Kier molecular flexibility index (Phi) is 3.81. The molecule has 0 aliphatic carbocycles. The number of benzene rings is 1. The van der Waals surface area contributed by atoms with Crippen LogP contribution in [0.15, 0.2) is 42.7 Å². The third-order valence-electron chi connectivity index (χ3n) is 2.92. The molecule has 1 unspecified atom stereocenters. The second kappa shape index (κ2) is 5.53. The number of rotatable bonds is 5. The van der Waals surface area contributed by atoms with Crippen molar-refractivity contribution in [2.45, 2.75) is 32.9 Å². The molecule has 1 atom stereocenters. The van der Waals surface area contributed by atoms with Crippen LogP contribution in [0.3, 0.4) is 0 Å². The number of hydrogen-bond donors (Lipinski definition) is 1. The van der Waals surface area contributed by atoms with Crippen molar-refractivity contribution in [2.24, 2.45) is 0 Å². The van der Waals surface area contributed by atoms with Gasteiger partial charge in [0.05, 0.1) is 6.54 Å². The maximum absolute atomic E-state index is 4.24. The molecule has 1 N–H and O–H groups in total. The fourth-order valence-electron chi connectivity index (χ4n) is 1.74. The zero-order chi connectivity index (χ0) is 12.1. The zero-order valence-corrected chi connectivity index (χ0v) is 10.4. The summed E-state index contributed by atoms with van der Waals surface area (Å²) in [5.41, 5.74) is 2.48. The molecule has 0 saturated heterocycles. The van der Waals surface area contributed by atoms with Crippen LogP contribution in [0.4, 0.5) is 5.69 Å². The second-order valence-electron chi connectivity index (χ2n) is 4.31. The highest BCUT2D eigenvalue weighted by Gasteiger charge is 2.05. The van der Waals surface area contributed by atoms with Gasteiger partial charge in [-0.15, -0.1) is 0 Å². The van der Waals surface area contributed by atoms with Gasteiger partial charge < -0.3 is 5.32 Å². The monoisotopic (exact) mass is 229 g/mol. The van der Waals surface area contributed by atoms with Crippen LogP contribution < -0.4 is 5.32 Å². The summed E-state index contributed by atoms with van der Waals surface area (Å²) < 4.78 is 1.94. The number of para-hydroxylation sites is 1. The molecule has 0 spiro atoms. The Hall–Kier alpha value is -1.77. The third-order valence-corrected chi connectivity index (χ3v) is 2.92. The first kappa shape index (κ1) is 11.7. The summed E-state index contributed by atoms with van der Waals surface area (Å²) in [5.74, 6) is 0. The van der Waals surface area contributed by atoms with E-state index in [0.29, 0.717) is 6.04 Å². The molecule has 0 bridgehead atoms. The fourth-order valence-corrected chi connectivity index (χ4v) is 1.74. The predicted octanol–water partition coefficient (Wildman–Crippen LogP) is 3.14. The van der Waals surface area contributed by atoms with Crippen LogP contribution in [-0.2, 0) is 6.54 Å². The molecule has 2 aromatic rings. The lowest BCUT2D eigenvalue weighted by Gasteiger charge is -2.16. The highest BCUT2D eigenvalue weighted by Crippen LogP contribution is 2.17. The average molecular weight is 229 g/mol. The predicted molar refractivity (Wildman–Crippen MR) is 71.1 cm³/mol. The van der Waals surface area contributed by atoms with E-state index >= 15 is 0 Å². The Balaban J connectivity index is 2.15. The van der Waals surface area contributed by atoms with E-state index in [0.717, 1.165) is 13.0 Å². The lowest BCUT2D eigenvalue weighted by Crippen LogP contribution is -2.15. The Morgan fingerprint density at radius 1 is 1.29 bits per heavy atom. The summed E-state index contributed by atoms with van der Waals surface area (Å²) in [6.45, 7) is 5.20.